The number of hydrogen-bond donors (Lipinski definition) is 1. The molecule has 0 spiro atoms. The highest BCUT2D eigenvalue weighted by Gasteiger charge is 2.15. The van der Waals surface area contributed by atoms with Gasteiger partial charge in [0.05, 0.1) is 16.8 Å². The molecule has 0 atom stereocenters. The number of nitrogens with one attached hydrogen (secondary N) is 1. The van der Waals surface area contributed by atoms with Crippen molar-refractivity contribution < 1.29 is 9.21 Å². The van der Waals surface area contributed by atoms with E-state index in [4.69, 9.17) is 16.0 Å². The zero-order valence-corrected chi connectivity index (χ0v) is 11.6. The van der Waals surface area contributed by atoms with Gasteiger partial charge in [0.15, 0.2) is 10.3 Å². The molecule has 0 aliphatic heterocycles. The number of fused-ring (bicyclic) bond motifs is 1. The van der Waals surface area contributed by atoms with Crippen LogP contribution in [0.4, 0.5) is 5.95 Å². The monoisotopic (exact) mass is 340 g/mol. The summed E-state index contributed by atoms with van der Waals surface area (Å²) in [7, 11) is 0. The van der Waals surface area contributed by atoms with E-state index in [1.54, 1.807) is 24.4 Å². The van der Waals surface area contributed by atoms with Gasteiger partial charge in [-0.05, 0) is 34.1 Å². The molecule has 1 N–H and O–H groups in total. The van der Waals surface area contributed by atoms with E-state index in [-0.39, 0.29) is 11.9 Å². The van der Waals surface area contributed by atoms with Crippen molar-refractivity contribution in [2.75, 3.05) is 5.32 Å². The van der Waals surface area contributed by atoms with Crippen molar-refractivity contribution in [3.8, 4) is 0 Å². The lowest BCUT2D eigenvalue weighted by Crippen LogP contribution is -2.12. The molecular weight excluding hydrogens is 336 g/mol. The van der Waals surface area contributed by atoms with Gasteiger partial charge in [-0.15, -0.1) is 5.10 Å². The first kappa shape index (κ1) is 12.2. The second-order valence-electron chi connectivity index (χ2n) is 3.65. The van der Waals surface area contributed by atoms with Gasteiger partial charge in [-0.25, -0.2) is 4.52 Å². The van der Waals surface area contributed by atoms with Gasteiger partial charge in [-0.3, -0.25) is 10.1 Å². The van der Waals surface area contributed by atoms with Crippen molar-refractivity contribution in [1.82, 2.24) is 14.6 Å². The van der Waals surface area contributed by atoms with Crippen molar-refractivity contribution in [2.24, 2.45) is 0 Å². The standard InChI is InChI=1S/C11H6BrClN4O2/c12-9-7(3-4-19-9)10(18)15-11-14-8-2-1-6(13)5-17(8)16-11/h1-5H,(H,15,16,18). The molecule has 0 unspecified atom stereocenters. The number of carbonyl (C=O) groups excluding carboxylic acids is 1. The average molecular weight is 342 g/mol. The van der Waals surface area contributed by atoms with Crippen LogP contribution in [0, 0.1) is 0 Å². The quantitative estimate of drug-likeness (QED) is 0.778. The zero-order chi connectivity index (χ0) is 13.4. The second kappa shape index (κ2) is 4.67. The van der Waals surface area contributed by atoms with E-state index in [1.807, 2.05) is 0 Å². The Morgan fingerprint density at radius 3 is 3.00 bits per heavy atom. The third kappa shape index (κ3) is 2.34. The van der Waals surface area contributed by atoms with E-state index in [9.17, 15) is 4.79 Å². The van der Waals surface area contributed by atoms with Gasteiger partial charge in [0.2, 0.25) is 5.95 Å². The normalized spacial score (nSPS) is 10.8. The van der Waals surface area contributed by atoms with Crippen LogP contribution in [0.2, 0.25) is 5.02 Å². The summed E-state index contributed by atoms with van der Waals surface area (Å²) < 4.78 is 6.84. The molecule has 6 nitrogen and oxygen atoms in total. The van der Waals surface area contributed by atoms with Crippen LogP contribution in [0.25, 0.3) is 5.65 Å². The Morgan fingerprint density at radius 2 is 2.26 bits per heavy atom. The number of amides is 1. The lowest BCUT2D eigenvalue weighted by atomic mass is 10.3. The molecule has 3 heterocycles. The maximum Gasteiger partial charge on any atom is 0.262 e. The van der Waals surface area contributed by atoms with Gasteiger partial charge in [-0.2, -0.15) is 4.98 Å². The highest BCUT2D eigenvalue weighted by atomic mass is 79.9. The molecular formula is C11H6BrClN4O2. The molecule has 3 rings (SSSR count). The smallest absolute Gasteiger partial charge is 0.262 e. The van der Waals surface area contributed by atoms with E-state index < -0.39 is 0 Å². The molecule has 8 heteroatoms. The minimum absolute atomic E-state index is 0.195. The Labute approximate surface area is 120 Å². The Kier molecular flexibility index (Phi) is 3.00. The molecule has 0 fully saturated rings. The molecule has 19 heavy (non-hydrogen) atoms. The van der Waals surface area contributed by atoms with Crippen LogP contribution >= 0.6 is 27.5 Å². The van der Waals surface area contributed by atoms with Gasteiger partial charge in [0.25, 0.3) is 5.91 Å². The summed E-state index contributed by atoms with van der Waals surface area (Å²) in [5.41, 5.74) is 0.961. The lowest BCUT2D eigenvalue weighted by molar-refractivity contribution is 0.102. The molecule has 0 bridgehead atoms. The number of rotatable bonds is 2. The van der Waals surface area contributed by atoms with Gasteiger partial charge in [-0.1, -0.05) is 11.6 Å². The van der Waals surface area contributed by atoms with Crippen LogP contribution in [-0.4, -0.2) is 20.5 Å². The summed E-state index contributed by atoms with van der Waals surface area (Å²) in [5, 5.41) is 7.21. The largest absolute Gasteiger partial charge is 0.457 e. The van der Waals surface area contributed by atoms with Crippen LogP contribution in [0.5, 0.6) is 0 Å². The number of anilines is 1. The highest BCUT2D eigenvalue weighted by Crippen LogP contribution is 2.18. The number of hydrogen-bond acceptors (Lipinski definition) is 4. The fraction of sp³-hybridized carbons (Fsp3) is 0. The van der Waals surface area contributed by atoms with Crippen LogP contribution in [-0.2, 0) is 0 Å². The number of aromatic nitrogens is 3. The molecule has 0 aromatic carbocycles. The van der Waals surface area contributed by atoms with Crippen LogP contribution in [0.1, 0.15) is 10.4 Å². The Morgan fingerprint density at radius 1 is 1.42 bits per heavy atom. The highest BCUT2D eigenvalue weighted by molar-refractivity contribution is 9.10. The number of halogens is 2. The summed E-state index contributed by atoms with van der Waals surface area (Å²) in [6, 6.07) is 4.95. The lowest BCUT2D eigenvalue weighted by Gasteiger charge is -1.97. The van der Waals surface area contributed by atoms with Crippen molar-refractivity contribution in [3.05, 3.63) is 45.9 Å². The third-order valence-corrected chi connectivity index (χ3v) is 3.22. The SMILES string of the molecule is O=C(Nc1nc2ccc(Cl)cn2n1)c1ccoc1Br. The van der Waals surface area contributed by atoms with E-state index in [0.29, 0.717) is 20.9 Å². The molecule has 0 radical (unpaired) electrons. The summed E-state index contributed by atoms with van der Waals surface area (Å²) in [5.74, 6) is -0.164. The fourth-order valence-electron chi connectivity index (χ4n) is 1.54. The molecule has 0 saturated carbocycles. The maximum absolute atomic E-state index is 11.9. The molecule has 3 aromatic heterocycles. The van der Waals surface area contributed by atoms with Crippen molar-refractivity contribution in [1.29, 1.82) is 0 Å². The number of nitrogens with zero attached hydrogens (tertiary/aromatic N) is 3. The van der Waals surface area contributed by atoms with Crippen molar-refractivity contribution in [2.45, 2.75) is 0 Å². The molecule has 0 saturated heterocycles. The second-order valence-corrected chi connectivity index (χ2v) is 4.80. The average Bonchev–Trinajstić information content (AvgIpc) is 2.94. The number of pyridine rings is 1. The number of furan rings is 1. The van der Waals surface area contributed by atoms with Gasteiger partial charge < -0.3 is 4.42 Å². The van der Waals surface area contributed by atoms with Crippen LogP contribution < -0.4 is 5.32 Å². The van der Waals surface area contributed by atoms with Gasteiger partial charge in [0.1, 0.15) is 0 Å². The summed E-state index contributed by atoms with van der Waals surface area (Å²) in [6.07, 6.45) is 3.02. The third-order valence-electron chi connectivity index (χ3n) is 2.38. The Bertz CT molecular complexity index is 767. The van der Waals surface area contributed by atoms with Gasteiger partial charge >= 0.3 is 0 Å². The predicted octanol–water partition coefficient (Wildman–Crippen LogP) is 2.99. The van der Waals surface area contributed by atoms with Crippen LogP contribution in [0.15, 0.2) is 39.7 Å². The van der Waals surface area contributed by atoms with E-state index >= 15 is 0 Å². The topological polar surface area (TPSA) is 72.4 Å². The summed E-state index contributed by atoms with van der Waals surface area (Å²) in [4.78, 5) is 16.1. The Hall–Kier alpha value is -1.86. The van der Waals surface area contributed by atoms with E-state index in [0.717, 1.165) is 0 Å². The van der Waals surface area contributed by atoms with Crippen LogP contribution in [0.3, 0.4) is 0 Å². The maximum atomic E-state index is 11.9. The molecule has 3 aromatic rings. The number of carbonyl (C=O) groups is 1. The minimum atomic E-state index is -0.359. The van der Waals surface area contributed by atoms with Crippen molar-refractivity contribution in [3.63, 3.8) is 0 Å². The fourth-order valence-corrected chi connectivity index (χ4v) is 2.11. The first-order valence-corrected chi connectivity index (χ1v) is 6.37. The Balaban J connectivity index is 1.89. The molecule has 0 aliphatic rings. The van der Waals surface area contributed by atoms with E-state index in [2.05, 4.69) is 31.3 Å². The summed E-state index contributed by atoms with van der Waals surface area (Å²) >= 11 is 8.97. The minimum Gasteiger partial charge on any atom is -0.457 e. The zero-order valence-electron chi connectivity index (χ0n) is 9.30. The van der Waals surface area contributed by atoms with Gasteiger partial charge in [0, 0.05) is 6.20 Å². The molecule has 0 aliphatic carbocycles. The molecule has 1 amide bonds. The first-order chi connectivity index (χ1) is 9.13. The molecule has 96 valence electrons. The van der Waals surface area contributed by atoms with Crippen molar-refractivity contribution >= 4 is 45.0 Å². The summed E-state index contributed by atoms with van der Waals surface area (Å²) in [6.45, 7) is 0. The van der Waals surface area contributed by atoms with E-state index in [1.165, 1.54) is 10.8 Å². The first-order valence-electron chi connectivity index (χ1n) is 5.20. The predicted molar refractivity (Wildman–Crippen MR) is 72.4 cm³/mol.